The Labute approximate surface area is 95.8 Å². The topological polar surface area (TPSA) is 21.3 Å². The van der Waals surface area contributed by atoms with Crippen LogP contribution in [0.15, 0.2) is 15.9 Å². The maximum absolute atomic E-state index is 5.42. The van der Waals surface area contributed by atoms with Gasteiger partial charge in [0.25, 0.3) is 0 Å². The quantitative estimate of drug-likeness (QED) is 0.890. The van der Waals surface area contributed by atoms with E-state index in [-0.39, 0.29) is 0 Å². The van der Waals surface area contributed by atoms with Crippen LogP contribution in [0.2, 0.25) is 0 Å². The van der Waals surface area contributed by atoms with Crippen molar-refractivity contribution in [3.05, 3.63) is 20.8 Å². The van der Waals surface area contributed by atoms with E-state index in [4.69, 9.17) is 4.74 Å². The van der Waals surface area contributed by atoms with Crippen LogP contribution in [-0.4, -0.2) is 26.3 Å². The Kier molecular flexibility index (Phi) is 2.20. The SMILES string of the molecule is Brc1ccc(C2(C3CNC3)COC2)s1. The van der Waals surface area contributed by atoms with E-state index in [0.29, 0.717) is 5.41 Å². The molecule has 0 aromatic carbocycles. The molecule has 4 heteroatoms. The van der Waals surface area contributed by atoms with Gasteiger partial charge in [0.05, 0.1) is 22.4 Å². The van der Waals surface area contributed by atoms with E-state index >= 15 is 0 Å². The van der Waals surface area contributed by atoms with Crippen LogP contribution in [0.4, 0.5) is 0 Å². The maximum Gasteiger partial charge on any atom is 0.0701 e. The first-order chi connectivity index (χ1) is 6.81. The molecule has 3 rings (SSSR count). The third-order valence-corrected chi connectivity index (χ3v) is 5.19. The number of thiophene rings is 1. The van der Waals surface area contributed by atoms with Crippen molar-refractivity contribution in [1.82, 2.24) is 5.32 Å². The molecular weight excluding hydrogens is 262 g/mol. The molecule has 0 atom stereocenters. The van der Waals surface area contributed by atoms with Gasteiger partial charge in [0.1, 0.15) is 0 Å². The number of ether oxygens (including phenoxy) is 1. The average Bonchev–Trinajstić information content (AvgIpc) is 2.40. The van der Waals surface area contributed by atoms with Gasteiger partial charge in [-0.1, -0.05) is 0 Å². The predicted octanol–water partition coefficient (Wildman–Crippen LogP) is 2.00. The summed E-state index contributed by atoms with van der Waals surface area (Å²) >= 11 is 5.39. The molecule has 1 aromatic heterocycles. The Morgan fingerprint density at radius 1 is 1.43 bits per heavy atom. The van der Waals surface area contributed by atoms with Gasteiger partial charge in [-0.25, -0.2) is 0 Å². The van der Waals surface area contributed by atoms with Crippen molar-refractivity contribution < 1.29 is 4.74 Å². The first-order valence-corrected chi connectivity index (χ1v) is 6.46. The minimum absolute atomic E-state index is 0.335. The van der Waals surface area contributed by atoms with Crippen molar-refractivity contribution >= 4 is 27.3 Å². The lowest BCUT2D eigenvalue weighted by Crippen LogP contribution is -2.62. The fraction of sp³-hybridized carbons (Fsp3) is 0.600. The minimum Gasteiger partial charge on any atom is -0.379 e. The average molecular weight is 274 g/mol. The van der Waals surface area contributed by atoms with Crippen LogP contribution in [0.3, 0.4) is 0 Å². The third-order valence-electron chi connectivity index (χ3n) is 3.35. The molecule has 0 saturated carbocycles. The number of rotatable bonds is 2. The van der Waals surface area contributed by atoms with Gasteiger partial charge >= 0.3 is 0 Å². The van der Waals surface area contributed by atoms with Gasteiger partial charge in [0, 0.05) is 18.0 Å². The van der Waals surface area contributed by atoms with Crippen LogP contribution in [-0.2, 0) is 10.2 Å². The second-order valence-corrected chi connectivity index (χ2v) is 6.57. The highest BCUT2D eigenvalue weighted by Gasteiger charge is 2.50. The summed E-state index contributed by atoms with van der Waals surface area (Å²) in [6.07, 6.45) is 0. The second-order valence-electron chi connectivity index (χ2n) is 4.11. The van der Waals surface area contributed by atoms with E-state index in [2.05, 4.69) is 33.4 Å². The lowest BCUT2D eigenvalue weighted by molar-refractivity contribution is -0.0990. The van der Waals surface area contributed by atoms with Crippen LogP contribution in [0.25, 0.3) is 0 Å². The molecule has 0 spiro atoms. The summed E-state index contributed by atoms with van der Waals surface area (Å²) in [5.74, 6) is 0.779. The summed E-state index contributed by atoms with van der Waals surface area (Å²) in [4.78, 5) is 1.49. The first kappa shape index (κ1) is 9.33. The molecule has 2 saturated heterocycles. The second kappa shape index (κ2) is 3.30. The number of hydrogen-bond acceptors (Lipinski definition) is 3. The summed E-state index contributed by atoms with van der Waals surface area (Å²) in [7, 11) is 0. The lowest BCUT2D eigenvalue weighted by Gasteiger charge is -2.50. The highest BCUT2D eigenvalue weighted by Crippen LogP contribution is 2.44. The monoisotopic (exact) mass is 273 g/mol. The Hall–Kier alpha value is 0.1000. The van der Waals surface area contributed by atoms with Gasteiger partial charge in [0.2, 0.25) is 0 Å². The molecule has 2 nitrogen and oxygen atoms in total. The summed E-state index contributed by atoms with van der Waals surface area (Å²) < 4.78 is 6.65. The maximum atomic E-state index is 5.42. The molecule has 2 fully saturated rings. The zero-order chi connectivity index (χ0) is 9.60. The molecule has 0 amide bonds. The standard InChI is InChI=1S/C10H12BrNOS/c11-9-2-1-8(14-9)10(5-13-6-10)7-3-12-4-7/h1-2,7,12H,3-6H2. The normalized spacial score (nSPS) is 25.5. The molecular formula is C10H12BrNOS. The van der Waals surface area contributed by atoms with Crippen LogP contribution in [0, 0.1) is 5.92 Å². The Balaban J connectivity index is 1.92. The Bertz CT molecular complexity index is 344. The van der Waals surface area contributed by atoms with Gasteiger partial charge in [0.15, 0.2) is 0 Å². The molecule has 0 bridgehead atoms. The fourth-order valence-corrected chi connectivity index (χ4v) is 3.79. The fourth-order valence-electron chi connectivity index (χ4n) is 2.16. The van der Waals surface area contributed by atoms with Crippen molar-refractivity contribution in [2.45, 2.75) is 5.41 Å². The molecule has 0 aliphatic carbocycles. The van der Waals surface area contributed by atoms with Crippen LogP contribution in [0.1, 0.15) is 4.88 Å². The van der Waals surface area contributed by atoms with E-state index in [0.717, 1.165) is 32.2 Å². The Morgan fingerprint density at radius 2 is 2.21 bits per heavy atom. The number of nitrogens with one attached hydrogen (secondary N) is 1. The van der Waals surface area contributed by atoms with Crippen LogP contribution >= 0.6 is 27.3 Å². The molecule has 3 heterocycles. The van der Waals surface area contributed by atoms with E-state index < -0.39 is 0 Å². The zero-order valence-electron chi connectivity index (χ0n) is 7.75. The number of hydrogen-bond donors (Lipinski definition) is 1. The van der Waals surface area contributed by atoms with Crippen molar-refractivity contribution in [3.8, 4) is 0 Å². The number of halogens is 1. The van der Waals surface area contributed by atoms with Gasteiger partial charge in [-0.3, -0.25) is 0 Å². The van der Waals surface area contributed by atoms with Gasteiger partial charge in [-0.2, -0.15) is 0 Å². The van der Waals surface area contributed by atoms with Gasteiger partial charge in [-0.05, 0) is 34.0 Å². The molecule has 76 valence electrons. The largest absolute Gasteiger partial charge is 0.379 e. The summed E-state index contributed by atoms with van der Waals surface area (Å²) in [5.41, 5.74) is 0.335. The van der Waals surface area contributed by atoms with E-state index in [1.807, 2.05) is 11.3 Å². The molecule has 2 aliphatic heterocycles. The molecule has 2 aliphatic rings. The lowest BCUT2D eigenvalue weighted by atomic mass is 9.69. The minimum atomic E-state index is 0.335. The smallest absolute Gasteiger partial charge is 0.0701 e. The molecule has 1 N–H and O–H groups in total. The van der Waals surface area contributed by atoms with E-state index in [9.17, 15) is 0 Å². The van der Waals surface area contributed by atoms with Crippen LogP contribution < -0.4 is 5.32 Å². The van der Waals surface area contributed by atoms with Crippen molar-refractivity contribution in [1.29, 1.82) is 0 Å². The molecule has 14 heavy (non-hydrogen) atoms. The van der Waals surface area contributed by atoms with Crippen molar-refractivity contribution in [3.63, 3.8) is 0 Å². The molecule has 0 unspecified atom stereocenters. The highest BCUT2D eigenvalue weighted by atomic mass is 79.9. The molecule has 1 aromatic rings. The summed E-state index contributed by atoms with van der Waals surface area (Å²) in [5, 5.41) is 3.35. The van der Waals surface area contributed by atoms with Gasteiger partial charge in [-0.15, -0.1) is 11.3 Å². The summed E-state index contributed by atoms with van der Waals surface area (Å²) in [6, 6.07) is 4.39. The van der Waals surface area contributed by atoms with Crippen molar-refractivity contribution in [2.24, 2.45) is 5.92 Å². The van der Waals surface area contributed by atoms with Gasteiger partial charge < -0.3 is 10.1 Å². The third kappa shape index (κ3) is 1.21. The zero-order valence-corrected chi connectivity index (χ0v) is 10.2. The van der Waals surface area contributed by atoms with Crippen LogP contribution in [0.5, 0.6) is 0 Å². The first-order valence-electron chi connectivity index (χ1n) is 4.85. The highest BCUT2D eigenvalue weighted by molar-refractivity contribution is 9.11. The summed E-state index contributed by atoms with van der Waals surface area (Å²) in [6.45, 7) is 4.12. The molecule has 0 radical (unpaired) electrons. The van der Waals surface area contributed by atoms with E-state index in [1.54, 1.807) is 0 Å². The van der Waals surface area contributed by atoms with E-state index in [1.165, 1.54) is 8.66 Å². The Morgan fingerprint density at radius 3 is 2.57 bits per heavy atom. The van der Waals surface area contributed by atoms with Crippen molar-refractivity contribution in [2.75, 3.05) is 26.3 Å². The predicted molar refractivity (Wildman–Crippen MR) is 60.9 cm³/mol.